The van der Waals surface area contributed by atoms with Gasteiger partial charge in [-0.1, -0.05) is 19.1 Å². The molecule has 0 fully saturated rings. The smallest absolute Gasteiger partial charge is 0.134 e. The number of rotatable bonds is 5. The summed E-state index contributed by atoms with van der Waals surface area (Å²) in [6.07, 6.45) is 1.61. The Bertz CT molecular complexity index is 581. The van der Waals surface area contributed by atoms with E-state index in [1.165, 1.54) is 0 Å². The lowest BCUT2D eigenvalue weighted by Crippen LogP contribution is -2.11. The first-order valence-electron chi connectivity index (χ1n) is 6.75. The highest BCUT2D eigenvalue weighted by Crippen LogP contribution is 2.17. The minimum absolute atomic E-state index is 0.286. The minimum atomic E-state index is 0.286. The summed E-state index contributed by atoms with van der Waals surface area (Å²) in [5.74, 6) is 2.37. The van der Waals surface area contributed by atoms with Crippen molar-refractivity contribution in [3.63, 3.8) is 0 Å². The number of nitrogens with one attached hydrogen (secondary N) is 1. The quantitative estimate of drug-likeness (QED) is 0.777. The van der Waals surface area contributed by atoms with Gasteiger partial charge in [0.1, 0.15) is 23.2 Å². The van der Waals surface area contributed by atoms with E-state index < -0.39 is 0 Å². The van der Waals surface area contributed by atoms with E-state index >= 15 is 0 Å². The lowest BCUT2D eigenvalue weighted by Gasteiger charge is -2.11. The SMILES string of the molecule is CCc1nc(N)c(C)c(NCCc2ccc(O)cc2)n1. The molecule has 0 radical (unpaired) electrons. The second-order valence-electron chi connectivity index (χ2n) is 4.70. The van der Waals surface area contributed by atoms with Crippen LogP contribution in [0.25, 0.3) is 0 Å². The van der Waals surface area contributed by atoms with E-state index in [-0.39, 0.29) is 5.75 Å². The van der Waals surface area contributed by atoms with Crippen LogP contribution in [0.2, 0.25) is 0 Å². The Morgan fingerprint density at radius 1 is 1.20 bits per heavy atom. The first-order valence-corrected chi connectivity index (χ1v) is 6.75. The van der Waals surface area contributed by atoms with E-state index in [1.807, 2.05) is 26.0 Å². The summed E-state index contributed by atoms with van der Waals surface area (Å²) in [6, 6.07) is 7.21. The standard InChI is InChI=1S/C15H20N4O/c1-3-13-18-14(16)10(2)15(19-13)17-9-8-11-4-6-12(20)7-5-11/h4-7,20H,3,8-9H2,1-2H3,(H3,16,17,18,19). The molecule has 5 nitrogen and oxygen atoms in total. The molecule has 2 aromatic rings. The maximum Gasteiger partial charge on any atom is 0.134 e. The van der Waals surface area contributed by atoms with Crippen molar-refractivity contribution in [2.24, 2.45) is 0 Å². The topological polar surface area (TPSA) is 84.1 Å². The van der Waals surface area contributed by atoms with E-state index in [0.717, 1.165) is 42.2 Å². The second kappa shape index (κ2) is 6.23. The maximum atomic E-state index is 9.24. The van der Waals surface area contributed by atoms with Crippen LogP contribution in [-0.2, 0) is 12.8 Å². The van der Waals surface area contributed by atoms with Gasteiger partial charge in [0.05, 0.1) is 0 Å². The van der Waals surface area contributed by atoms with Gasteiger partial charge in [0.25, 0.3) is 0 Å². The van der Waals surface area contributed by atoms with Crippen molar-refractivity contribution in [2.45, 2.75) is 26.7 Å². The fraction of sp³-hybridized carbons (Fsp3) is 0.333. The van der Waals surface area contributed by atoms with Gasteiger partial charge in [-0.05, 0) is 31.0 Å². The van der Waals surface area contributed by atoms with Crippen molar-refractivity contribution in [3.8, 4) is 5.75 Å². The highest BCUT2D eigenvalue weighted by Gasteiger charge is 2.07. The third-order valence-electron chi connectivity index (χ3n) is 3.19. The van der Waals surface area contributed by atoms with E-state index in [9.17, 15) is 5.11 Å². The van der Waals surface area contributed by atoms with E-state index in [1.54, 1.807) is 12.1 Å². The van der Waals surface area contributed by atoms with Crippen molar-refractivity contribution in [3.05, 3.63) is 41.2 Å². The number of aromatic nitrogens is 2. The van der Waals surface area contributed by atoms with E-state index in [0.29, 0.717) is 5.82 Å². The number of nitrogens with zero attached hydrogens (tertiary/aromatic N) is 2. The molecule has 1 aromatic heterocycles. The van der Waals surface area contributed by atoms with Crippen LogP contribution in [-0.4, -0.2) is 21.6 Å². The molecule has 4 N–H and O–H groups in total. The number of phenolic OH excluding ortho intramolecular Hbond substituents is 1. The lowest BCUT2D eigenvalue weighted by atomic mass is 10.1. The highest BCUT2D eigenvalue weighted by atomic mass is 16.3. The molecule has 0 unspecified atom stereocenters. The molecular formula is C15H20N4O. The maximum absolute atomic E-state index is 9.24. The number of phenols is 1. The van der Waals surface area contributed by atoms with E-state index in [4.69, 9.17) is 5.73 Å². The molecule has 2 rings (SSSR count). The van der Waals surface area contributed by atoms with E-state index in [2.05, 4.69) is 15.3 Å². The van der Waals surface area contributed by atoms with Gasteiger partial charge < -0.3 is 16.2 Å². The molecule has 0 bridgehead atoms. The molecule has 0 spiro atoms. The van der Waals surface area contributed by atoms with Gasteiger partial charge in [0.15, 0.2) is 0 Å². The van der Waals surface area contributed by atoms with Crippen LogP contribution in [0.4, 0.5) is 11.6 Å². The Kier molecular flexibility index (Phi) is 4.40. The number of aryl methyl sites for hydroxylation is 1. The molecule has 0 atom stereocenters. The zero-order valence-electron chi connectivity index (χ0n) is 11.8. The monoisotopic (exact) mass is 272 g/mol. The molecule has 20 heavy (non-hydrogen) atoms. The Morgan fingerprint density at radius 3 is 2.55 bits per heavy atom. The predicted octanol–water partition coefficient (Wildman–Crippen LogP) is 2.29. The summed E-state index contributed by atoms with van der Waals surface area (Å²) in [5, 5.41) is 12.5. The normalized spacial score (nSPS) is 10.5. The first-order chi connectivity index (χ1) is 9.60. The third kappa shape index (κ3) is 3.38. The lowest BCUT2D eigenvalue weighted by molar-refractivity contribution is 0.475. The molecule has 1 heterocycles. The molecule has 0 aliphatic heterocycles. The Balaban J connectivity index is 2.00. The summed E-state index contributed by atoms with van der Waals surface area (Å²) in [5.41, 5.74) is 7.92. The third-order valence-corrected chi connectivity index (χ3v) is 3.19. The predicted molar refractivity (Wildman–Crippen MR) is 80.9 cm³/mol. The number of benzene rings is 1. The van der Waals surface area contributed by atoms with Gasteiger partial charge in [0.2, 0.25) is 0 Å². The van der Waals surface area contributed by atoms with Crippen LogP contribution < -0.4 is 11.1 Å². The summed E-state index contributed by atoms with van der Waals surface area (Å²) < 4.78 is 0. The Labute approximate surface area is 118 Å². The van der Waals surface area contributed by atoms with Gasteiger partial charge in [-0.25, -0.2) is 9.97 Å². The van der Waals surface area contributed by atoms with Crippen LogP contribution in [0.3, 0.4) is 0 Å². The second-order valence-corrected chi connectivity index (χ2v) is 4.70. The average Bonchev–Trinajstić information content (AvgIpc) is 2.45. The molecule has 0 saturated heterocycles. The molecular weight excluding hydrogens is 252 g/mol. The fourth-order valence-electron chi connectivity index (χ4n) is 1.90. The zero-order chi connectivity index (χ0) is 14.5. The number of nitrogens with two attached hydrogens (primary N) is 1. The molecule has 0 saturated carbocycles. The largest absolute Gasteiger partial charge is 0.508 e. The summed E-state index contributed by atoms with van der Waals surface area (Å²) in [6.45, 7) is 4.67. The van der Waals surface area contributed by atoms with Gasteiger partial charge in [-0.3, -0.25) is 0 Å². The molecule has 106 valence electrons. The van der Waals surface area contributed by atoms with Crippen LogP contribution in [0.5, 0.6) is 5.75 Å². The van der Waals surface area contributed by atoms with Gasteiger partial charge in [-0.15, -0.1) is 0 Å². The van der Waals surface area contributed by atoms with Crippen LogP contribution >= 0.6 is 0 Å². The van der Waals surface area contributed by atoms with Crippen LogP contribution in [0, 0.1) is 6.92 Å². The Hall–Kier alpha value is -2.30. The number of aromatic hydroxyl groups is 1. The molecule has 0 aliphatic rings. The number of anilines is 2. The summed E-state index contributed by atoms with van der Waals surface area (Å²) in [4.78, 5) is 8.68. The number of hydrogen-bond acceptors (Lipinski definition) is 5. The van der Waals surface area contributed by atoms with Gasteiger partial charge >= 0.3 is 0 Å². The average molecular weight is 272 g/mol. The van der Waals surface area contributed by atoms with Gasteiger partial charge in [-0.2, -0.15) is 0 Å². The van der Waals surface area contributed by atoms with Crippen molar-refractivity contribution >= 4 is 11.6 Å². The van der Waals surface area contributed by atoms with Crippen molar-refractivity contribution in [1.82, 2.24) is 9.97 Å². The van der Waals surface area contributed by atoms with Gasteiger partial charge in [0, 0.05) is 18.5 Å². The van der Waals surface area contributed by atoms with Crippen LogP contribution in [0.15, 0.2) is 24.3 Å². The molecule has 0 amide bonds. The number of hydrogen-bond donors (Lipinski definition) is 3. The summed E-state index contributed by atoms with van der Waals surface area (Å²) in [7, 11) is 0. The first kappa shape index (κ1) is 14.1. The van der Waals surface area contributed by atoms with Crippen molar-refractivity contribution in [1.29, 1.82) is 0 Å². The van der Waals surface area contributed by atoms with Crippen molar-refractivity contribution in [2.75, 3.05) is 17.6 Å². The number of nitrogen functional groups attached to an aromatic ring is 1. The van der Waals surface area contributed by atoms with Crippen LogP contribution in [0.1, 0.15) is 23.9 Å². The fourth-order valence-corrected chi connectivity index (χ4v) is 1.90. The highest BCUT2D eigenvalue weighted by molar-refractivity contribution is 5.54. The Morgan fingerprint density at radius 2 is 1.90 bits per heavy atom. The molecule has 0 aliphatic carbocycles. The molecule has 1 aromatic carbocycles. The molecule has 5 heteroatoms. The van der Waals surface area contributed by atoms with Crippen molar-refractivity contribution < 1.29 is 5.11 Å². The zero-order valence-corrected chi connectivity index (χ0v) is 11.8. The minimum Gasteiger partial charge on any atom is -0.508 e. The summed E-state index contributed by atoms with van der Waals surface area (Å²) >= 11 is 0.